The molecule has 2 nitrogen and oxygen atoms in total. The molecule has 1 heterocycles. The van der Waals surface area contributed by atoms with Crippen LogP contribution >= 0.6 is 11.3 Å². The van der Waals surface area contributed by atoms with Gasteiger partial charge in [0.05, 0.1) is 18.2 Å². The normalized spacial score (nSPS) is 11.5. The summed E-state index contributed by atoms with van der Waals surface area (Å²) in [7, 11) is 0. The molecule has 0 fully saturated rings. The van der Waals surface area contributed by atoms with Gasteiger partial charge in [0.2, 0.25) is 0 Å². The van der Waals surface area contributed by atoms with Crippen LogP contribution < -0.4 is 4.74 Å². The summed E-state index contributed by atoms with van der Waals surface area (Å²) in [5, 5.41) is 9.74. The van der Waals surface area contributed by atoms with Crippen LogP contribution in [0.25, 0.3) is 11.6 Å². The molecule has 0 radical (unpaired) electrons. The third-order valence-corrected chi connectivity index (χ3v) is 7.89. The third kappa shape index (κ3) is 13.3. The summed E-state index contributed by atoms with van der Waals surface area (Å²) in [6.45, 7) is 5.29. The Balaban J connectivity index is 1.68. The first-order chi connectivity index (χ1) is 17.8. The highest BCUT2D eigenvalue weighted by molar-refractivity contribution is 7.12. The fourth-order valence-electron chi connectivity index (χ4n) is 4.52. The first-order valence-corrected chi connectivity index (χ1v) is 15.5. The molecule has 0 atom stereocenters. The predicted molar refractivity (Wildman–Crippen MR) is 159 cm³/mol. The van der Waals surface area contributed by atoms with Gasteiger partial charge in [0.25, 0.3) is 0 Å². The number of unbranched alkanes of at least 4 members (excludes halogenated alkanes) is 14. The molecular weight excluding hydrogens is 458 g/mol. The van der Waals surface area contributed by atoms with Gasteiger partial charge in [0.15, 0.2) is 0 Å². The Morgan fingerprint density at radius 3 is 1.86 bits per heavy atom. The number of nitriles is 1. The van der Waals surface area contributed by atoms with Crippen LogP contribution in [0, 0.1) is 11.3 Å². The molecule has 0 bridgehead atoms. The molecule has 0 saturated heterocycles. The Kier molecular flexibility index (Phi) is 16.8. The van der Waals surface area contributed by atoms with Gasteiger partial charge in [0.1, 0.15) is 5.75 Å². The lowest BCUT2D eigenvalue weighted by atomic mass is 10.1. The number of rotatable bonds is 21. The van der Waals surface area contributed by atoms with E-state index in [4.69, 9.17) is 4.74 Å². The molecule has 0 spiro atoms. The summed E-state index contributed by atoms with van der Waals surface area (Å²) in [5.74, 6) is 0.888. The topological polar surface area (TPSA) is 33.0 Å². The van der Waals surface area contributed by atoms with E-state index in [0.717, 1.165) is 35.6 Å². The minimum atomic E-state index is 0.713. The number of nitrogens with zero attached hydrogens (tertiary/aromatic N) is 1. The maximum atomic E-state index is 9.74. The van der Waals surface area contributed by atoms with Gasteiger partial charge < -0.3 is 4.74 Å². The van der Waals surface area contributed by atoms with Crippen LogP contribution in [0.3, 0.4) is 0 Å². The number of hydrogen-bond donors (Lipinski definition) is 0. The lowest BCUT2D eigenvalue weighted by Crippen LogP contribution is -1.97. The van der Waals surface area contributed by atoms with Crippen LogP contribution in [0.15, 0.2) is 36.4 Å². The first kappa shape index (κ1) is 30.2. The number of aryl methyl sites for hydroxylation is 1. The maximum absolute atomic E-state index is 9.74. The maximum Gasteiger partial charge on any atom is 0.119 e. The van der Waals surface area contributed by atoms with E-state index in [0.29, 0.717) is 5.57 Å². The average molecular weight is 508 g/mol. The zero-order valence-electron chi connectivity index (χ0n) is 23.0. The Bertz CT molecular complexity index is 874. The van der Waals surface area contributed by atoms with Crippen LogP contribution in [0.1, 0.15) is 132 Å². The summed E-state index contributed by atoms with van der Waals surface area (Å²) >= 11 is 1.82. The van der Waals surface area contributed by atoms with Crippen LogP contribution in [-0.4, -0.2) is 6.61 Å². The van der Waals surface area contributed by atoms with Crippen molar-refractivity contribution >= 4 is 23.0 Å². The van der Waals surface area contributed by atoms with Crippen molar-refractivity contribution in [3.05, 3.63) is 51.7 Å². The molecule has 2 rings (SSSR count). The van der Waals surface area contributed by atoms with Crippen LogP contribution in [0.2, 0.25) is 0 Å². The lowest BCUT2D eigenvalue weighted by Gasteiger charge is -2.07. The SMILES string of the molecule is CCCCCCCCCCCCc1ccc(C=C(C#N)c2ccc(OCCCCCCCC)cc2)s1. The van der Waals surface area contributed by atoms with Gasteiger partial charge in [-0.3, -0.25) is 0 Å². The lowest BCUT2D eigenvalue weighted by molar-refractivity contribution is 0.304. The third-order valence-electron chi connectivity index (χ3n) is 6.80. The number of thiophene rings is 1. The van der Waals surface area contributed by atoms with Crippen molar-refractivity contribution in [1.29, 1.82) is 5.26 Å². The van der Waals surface area contributed by atoms with Crippen molar-refractivity contribution in [1.82, 2.24) is 0 Å². The standard InChI is InChI=1S/C33H49NOS/c1-3-5-7-9-11-12-13-14-15-17-19-32-24-25-33(36-32)27-30(28-34)29-20-22-31(23-21-29)35-26-18-16-10-8-6-4-2/h20-25,27H,3-19,26H2,1-2H3. The van der Waals surface area contributed by atoms with Gasteiger partial charge in [0, 0.05) is 9.75 Å². The minimum absolute atomic E-state index is 0.713. The van der Waals surface area contributed by atoms with Crippen molar-refractivity contribution in [2.24, 2.45) is 0 Å². The van der Waals surface area contributed by atoms with Gasteiger partial charge in [-0.2, -0.15) is 5.26 Å². The Morgan fingerprint density at radius 1 is 0.722 bits per heavy atom. The van der Waals surface area contributed by atoms with Crippen LogP contribution in [0.5, 0.6) is 5.75 Å². The summed E-state index contributed by atoms with van der Waals surface area (Å²) in [4.78, 5) is 2.59. The fourth-order valence-corrected chi connectivity index (χ4v) is 5.52. The van der Waals surface area contributed by atoms with Gasteiger partial charge in [-0.15, -0.1) is 11.3 Å². The van der Waals surface area contributed by atoms with Crippen LogP contribution in [0.4, 0.5) is 0 Å². The molecule has 0 aliphatic heterocycles. The molecule has 1 aromatic carbocycles. The number of hydrogen-bond acceptors (Lipinski definition) is 3. The molecule has 36 heavy (non-hydrogen) atoms. The van der Waals surface area contributed by atoms with E-state index in [1.54, 1.807) is 0 Å². The van der Waals surface area contributed by atoms with E-state index < -0.39 is 0 Å². The predicted octanol–water partition coefficient (Wildman–Crippen LogP) is 11.0. The van der Waals surface area contributed by atoms with E-state index in [1.165, 1.54) is 101 Å². The number of ether oxygens (including phenoxy) is 1. The molecule has 0 unspecified atom stereocenters. The molecule has 2 aromatic rings. The molecule has 198 valence electrons. The van der Waals surface area contributed by atoms with Crippen molar-refractivity contribution in [3.8, 4) is 11.8 Å². The molecule has 0 amide bonds. The largest absolute Gasteiger partial charge is 0.494 e. The summed E-state index contributed by atoms with van der Waals surface area (Å²) in [5.41, 5.74) is 1.67. The zero-order valence-corrected chi connectivity index (χ0v) is 23.8. The van der Waals surface area contributed by atoms with E-state index >= 15 is 0 Å². The highest BCUT2D eigenvalue weighted by Gasteiger charge is 2.05. The molecular formula is C33H49NOS. The molecule has 1 aromatic heterocycles. The Hall–Kier alpha value is -2.05. The number of benzene rings is 1. The fraction of sp³-hybridized carbons (Fsp3) is 0.606. The second-order valence-electron chi connectivity index (χ2n) is 10.0. The first-order valence-electron chi connectivity index (χ1n) is 14.7. The van der Waals surface area contributed by atoms with E-state index in [2.05, 4.69) is 32.0 Å². The smallest absolute Gasteiger partial charge is 0.119 e. The Labute approximate surface area is 225 Å². The minimum Gasteiger partial charge on any atom is -0.494 e. The van der Waals surface area contributed by atoms with Crippen LogP contribution in [-0.2, 0) is 6.42 Å². The van der Waals surface area contributed by atoms with E-state index in [9.17, 15) is 5.26 Å². The monoisotopic (exact) mass is 507 g/mol. The van der Waals surface area contributed by atoms with Crippen molar-refractivity contribution in [2.75, 3.05) is 6.61 Å². The Morgan fingerprint density at radius 2 is 1.28 bits per heavy atom. The van der Waals surface area contributed by atoms with Gasteiger partial charge in [-0.25, -0.2) is 0 Å². The molecule has 0 aliphatic carbocycles. The van der Waals surface area contributed by atoms with Gasteiger partial charge >= 0.3 is 0 Å². The van der Waals surface area contributed by atoms with E-state index in [1.807, 2.05) is 41.7 Å². The van der Waals surface area contributed by atoms with E-state index in [-0.39, 0.29) is 0 Å². The van der Waals surface area contributed by atoms with Crippen molar-refractivity contribution in [3.63, 3.8) is 0 Å². The van der Waals surface area contributed by atoms with Crippen molar-refractivity contribution in [2.45, 2.75) is 123 Å². The zero-order chi connectivity index (χ0) is 25.7. The summed E-state index contributed by atoms with van der Waals surface area (Å²) in [6, 6.07) is 14.8. The summed E-state index contributed by atoms with van der Waals surface area (Å²) < 4.78 is 5.89. The highest BCUT2D eigenvalue weighted by Crippen LogP contribution is 2.26. The number of allylic oxidation sites excluding steroid dienone is 1. The molecule has 0 aliphatic rings. The summed E-state index contributed by atoms with van der Waals surface area (Å²) in [6.07, 6.45) is 24.5. The highest BCUT2D eigenvalue weighted by atomic mass is 32.1. The van der Waals surface area contributed by atoms with Gasteiger partial charge in [-0.05, 0) is 67.3 Å². The van der Waals surface area contributed by atoms with Gasteiger partial charge in [-0.1, -0.05) is 104 Å². The molecule has 3 heteroatoms. The molecule has 0 saturated carbocycles. The molecule has 0 N–H and O–H groups in total. The second kappa shape index (κ2) is 20.1. The second-order valence-corrected chi connectivity index (χ2v) is 11.2. The quantitative estimate of drug-likeness (QED) is 0.124. The van der Waals surface area contributed by atoms with Crippen molar-refractivity contribution < 1.29 is 4.74 Å². The average Bonchev–Trinajstić information content (AvgIpc) is 3.35.